The zero-order valence-corrected chi connectivity index (χ0v) is 13.0. The van der Waals surface area contributed by atoms with Gasteiger partial charge in [0.15, 0.2) is 0 Å². The van der Waals surface area contributed by atoms with Gasteiger partial charge < -0.3 is 20.1 Å². The van der Waals surface area contributed by atoms with Crippen LogP contribution in [0.3, 0.4) is 0 Å². The number of rotatable bonds is 6. The Morgan fingerprint density at radius 1 is 1.36 bits per heavy atom. The maximum atomic E-state index is 12.1. The largest absolute Gasteiger partial charge is 0.384 e. The van der Waals surface area contributed by atoms with E-state index in [0.29, 0.717) is 19.1 Å². The maximum absolute atomic E-state index is 12.1. The maximum Gasteiger partial charge on any atom is 0.315 e. The smallest absolute Gasteiger partial charge is 0.315 e. The normalized spacial score (nSPS) is 29.5. The molecule has 1 saturated heterocycles. The molecule has 4 atom stereocenters. The fraction of sp³-hybridized carbons (Fsp3) is 0.588. The van der Waals surface area contributed by atoms with Crippen LogP contribution in [0.5, 0.6) is 0 Å². The van der Waals surface area contributed by atoms with Gasteiger partial charge >= 0.3 is 6.03 Å². The van der Waals surface area contributed by atoms with Crippen molar-refractivity contribution in [1.29, 1.82) is 0 Å². The first kappa shape index (κ1) is 15.3. The van der Waals surface area contributed by atoms with Crippen molar-refractivity contribution in [2.45, 2.75) is 25.0 Å². The minimum atomic E-state index is -0.0904. The van der Waals surface area contributed by atoms with Crippen LogP contribution in [-0.2, 0) is 15.9 Å². The molecule has 3 rings (SSSR count). The number of hydrogen-bond donors (Lipinski definition) is 2. The molecule has 1 heterocycles. The van der Waals surface area contributed by atoms with Crippen LogP contribution < -0.4 is 10.6 Å². The van der Waals surface area contributed by atoms with E-state index in [2.05, 4.69) is 22.8 Å². The van der Waals surface area contributed by atoms with Crippen molar-refractivity contribution < 1.29 is 14.3 Å². The highest BCUT2D eigenvalue weighted by Gasteiger charge is 2.54. The van der Waals surface area contributed by atoms with Gasteiger partial charge in [0.2, 0.25) is 0 Å². The number of ether oxygens (including phenoxy) is 2. The monoisotopic (exact) mass is 304 g/mol. The van der Waals surface area contributed by atoms with Crippen molar-refractivity contribution in [3.8, 4) is 0 Å². The van der Waals surface area contributed by atoms with E-state index in [0.717, 1.165) is 19.4 Å². The van der Waals surface area contributed by atoms with E-state index >= 15 is 0 Å². The van der Waals surface area contributed by atoms with Crippen LogP contribution in [0.2, 0.25) is 0 Å². The van der Waals surface area contributed by atoms with Crippen LogP contribution in [0.4, 0.5) is 4.79 Å². The SMILES string of the molecule is COC[C@H]1[C@@H](NC(=O)NCCc2ccccc2)[C@H]2CCO[C@H]21. The Morgan fingerprint density at radius 2 is 2.18 bits per heavy atom. The Labute approximate surface area is 131 Å². The fourth-order valence-electron chi connectivity index (χ4n) is 3.60. The quantitative estimate of drug-likeness (QED) is 0.839. The highest BCUT2D eigenvalue weighted by atomic mass is 16.5. The molecular weight excluding hydrogens is 280 g/mol. The van der Waals surface area contributed by atoms with Crippen LogP contribution in [-0.4, -0.2) is 45.0 Å². The molecule has 0 unspecified atom stereocenters. The average molecular weight is 304 g/mol. The Morgan fingerprint density at radius 3 is 2.95 bits per heavy atom. The lowest BCUT2D eigenvalue weighted by molar-refractivity contribution is -0.0801. The van der Waals surface area contributed by atoms with Crippen LogP contribution in [0, 0.1) is 11.8 Å². The Balaban J connectivity index is 1.43. The summed E-state index contributed by atoms with van der Waals surface area (Å²) in [5.74, 6) is 0.720. The summed E-state index contributed by atoms with van der Waals surface area (Å²) in [6, 6.07) is 10.2. The molecular formula is C17H24N2O3. The van der Waals surface area contributed by atoms with Crippen molar-refractivity contribution in [2.75, 3.05) is 26.9 Å². The van der Waals surface area contributed by atoms with Gasteiger partial charge in [0, 0.05) is 38.1 Å². The van der Waals surface area contributed by atoms with Crippen molar-refractivity contribution in [3.05, 3.63) is 35.9 Å². The lowest BCUT2D eigenvalue weighted by Crippen LogP contribution is -2.64. The average Bonchev–Trinajstić information content (AvgIpc) is 2.96. The number of carbonyl (C=O) groups excluding carboxylic acids is 1. The lowest BCUT2D eigenvalue weighted by Gasteiger charge is -2.47. The number of hydrogen-bond acceptors (Lipinski definition) is 3. The van der Waals surface area contributed by atoms with Crippen molar-refractivity contribution in [1.82, 2.24) is 10.6 Å². The molecule has 1 aromatic rings. The first-order chi connectivity index (χ1) is 10.8. The summed E-state index contributed by atoms with van der Waals surface area (Å²) >= 11 is 0. The molecule has 5 nitrogen and oxygen atoms in total. The summed E-state index contributed by atoms with van der Waals surface area (Å²) in [7, 11) is 1.69. The summed E-state index contributed by atoms with van der Waals surface area (Å²) in [5.41, 5.74) is 1.23. The van der Waals surface area contributed by atoms with E-state index in [9.17, 15) is 4.79 Å². The second-order valence-electron chi connectivity index (χ2n) is 6.07. The molecule has 22 heavy (non-hydrogen) atoms. The molecule has 5 heteroatoms. The number of carbonyl (C=O) groups is 1. The highest BCUT2D eigenvalue weighted by molar-refractivity contribution is 5.74. The van der Waals surface area contributed by atoms with Crippen LogP contribution in [0.25, 0.3) is 0 Å². The molecule has 1 saturated carbocycles. The molecule has 1 aromatic carbocycles. The Hall–Kier alpha value is -1.59. The highest BCUT2D eigenvalue weighted by Crippen LogP contribution is 2.43. The van der Waals surface area contributed by atoms with Gasteiger partial charge in [-0.2, -0.15) is 0 Å². The van der Waals surface area contributed by atoms with Crippen LogP contribution in [0.15, 0.2) is 30.3 Å². The minimum Gasteiger partial charge on any atom is -0.384 e. The molecule has 0 spiro atoms. The van der Waals surface area contributed by atoms with Crippen LogP contribution in [0.1, 0.15) is 12.0 Å². The molecule has 0 aromatic heterocycles. The van der Waals surface area contributed by atoms with E-state index in [1.807, 2.05) is 18.2 Å². The molecule has 1 aliphatic heterocycles. The predicted molar refractivity (Wildman–Crippen MR) is 83.7 cm³/mol. The van der Waals surface area contributed by atoms with Gasteiger partial charge in [0.25, 0.3) is 0 Å². The number of methoxy groups -OCH3 is 1. The number of benzene rings is 1. The lowest BCUT2D eigenvalue weighted by atomic mass is 9.67. The van der Waals surface area contributed by atoms with Gasteiger partial charge in [-0.3, -0.25) is 0 Å². The third kappa shape index (κ3) is 3.25. The molecule has 2 aliphatic rings. The Kier molecular flexibility index (Phi) is 4.95. The van der Waals surface area contributed by atoms with E-state index in [4.69, 9.17) is 9.47 Å². The van der Waals surface area contributed by atoms with Crippen molar-refractivity contribution in [3.63, 3.8) is 0 Å². The zero-order chi connectivity index (χ0) is 15.4. The molecule has 2 amide bonds. The minimum absolute atomic E-state index is 0.0904. The van der Waals surface area contributed by atoms with Gasteiger partial charge in [-0.05, 0) is 18.4 Å². The second kappa shape index (κ2) is 7.11. The number of urea groups is 1. The third-order valence-corrected chi connectivity index (χ3v) is 4.73. The van der Waals surface area contributed by atoms with Crippen molar-refractivity contribution in [2.24, 2.45) is 11.8 Å². The topological polar surface area (TPSA) is 59.6 Å². The summed E-state index contributed by atoms with van der Waals surface area (Å²) < 4.78 is 11.0. The van der Waals surface area contributed by atoms with Crippen LogP contribution >= 0.6 is 0 Å². The molecule has 120 valence electrons. The second-order valence-corrected chi connectivity index (χ2v) is 6.07. The number of nitrogens with one attached hydrogen (secondary N) is 2. The summed E-state index contributed by atoms with van der Waals surface area (Å²) in [5, 5.41) is 6.04. The molecule has 0 bridgehead atoms. The predicted octanol–water partition coefficient (Wildman–Crippen LogP) is 1.58. The number of fused-ring (bicyclic) bond motifs is 1. The van der Waals surface area contributed by atoms with E-state index in [-0.39, 0.29) is 24.1 Å². The number of amides is 2. The van der Waals surface area contributed by atoms with Gasteiger partial charge in [-0.15, -0.1) is 0 Å². The first-order valence-corrected chi connectivity index (χ1v) is 7.98. The van der Waals surface area contributed by atoms with Gasteiger partial charge in [0.1, 0.15) is 0 Å². The van der Waals surface area contributed by atoms with E-state index < -0.39 is 0 Å². The summed E-state index contributed by atoms with van der Waals surface area (Å²) in [6.07, 6.45) is 2.13. The van der Waals surface area contributed by atoms with Gasteiger partial charge in [0.05, 0.1) is 12.7 Å². The molecule has 2 fully saturated rings. The first-order valence-electron chi connectivity index (χ1n) is 7.98. The summed E-state index contributed by atoms with van der Waals surface area (Å²) in [6.45, 7) is 2.07. The third-order valence-electron chi connectivity index (χ3n) is 4.73. The van der Waals surface area contributed by atoms with E-state index in [1.165, 1.54) is 5.56 Å². The molecule has 0 radical (unpaired) electrons. The summed E-state index contributed by atoms with van der Waals surface area (Å²) in [4.78, 5) is 12.1. The van der Waals surface area contributed by atoms with Gasteiger partial charge in [-0.25, -0.2) is 4.79 Å². The fourth-order valence-corrected chi connectivity index (χ4v) is 3.60. The van der Waals surface area contributed by atoms with Crippen molar-refractivity contribution >= 4 is 6.03 Å². The zero-order valence-electron chi connectivity index (χ0n) is 13.0. The standard InChI is InChI=1S/C17H24N2O3/c1-21-11-14-15(13-8-10-22-16(13)14)19-17(20)18-9-7-12-5-3-2-4-6-12/h2-6,13-16H,7-11H2,1H3,(H2,18,19,20)/t13-,14+,15+,16-/m1/s1. The van der Waals surface area contributed by atoms with E-state index in [1.54, 1.807) is 7.11 Å². The molecule has 1 aliphatic carbocycles. The Bertz CT molecular complexity index is 494. The van der Waals surface area contributed by atoms with Gasteiger partial charge in [-0.1, -0.05) is 30.3 Å². The molecule has 2 N–H and O–H groups in total.